The molecular formula is C17H21BrN2O. The molecule has 1 unspecified atom stereocenters. The first-order valence-corrected chi connectivity index (χ1v) is 7.70. The standard InChI is InChI=1S/C17H21BrN2O/c1-12(19)15-10-14(18)8-9-16(15)20(2)11-13-6-4-5-7-17(13)21-3/h4-10,12H,11,19H2,1-3H3. The van der Waals surface area contributed by atoms with Crippen molar-refractivity contribution in [3.8, 4) is 5.75 Å². The lowest BCUT2D eigenvalue weighted by Gasteiger charge is -2.25. The third kappa shape index (κ3) is 3.77. The van der Waals surface area contributed by atoms with E-state index in [0.717, 1.165) is 33.6 Å². The van der Waals surface area contributed by atoms with Crippen LogP contribution < -0.4 is 15.4 Å². The molecule has 0 saturated carbocycles. The Balaban J connectivity index is 2.30. The lowest BCUT2D eigenvalue weighted by molar-refractivity contribution is 0.409. The molecule has 0 spiro atoms. The molecule has 0 amide bonds. The number of para-hydroxylation sites is 1. The fraction of sp³-hybridized carbons (Fsp3) is 0.294. The summed E-state index contributed by atoms with van der Waals surface area (Å²) in [6.07, 6.45) is 0. The zero-order valence-corrected chi connectivity index (χ0v) is 14.2. The number of nitrogens with zero attached hydrogens (tertiary/aromatic N) is 1. The molecule has 0 aliphatic rings. The lowest BCUT2D eigenvalue weighted by atomic mass is 10.1. The summed E-state index contributed by atoms with van der Waals surface area (Å²) in [5.74, 6) is 0.906. The maximum atomic E-state index is 6.10. The SMILES string of the molecule is COc1ccccc1CN(C)c1ccc(Br)cc1C(C)N. The monoisotopic (exact) mass is 348 g/mol. The minimum atomic E-state index is -0.0161. The Morgan fingerprint density at radius 1 is 1.24 bits per heavy atom. The summed E-state index contributed by atoms with van der Waals surface area (Å²) < 4.78 is 6.47. The van der Waals surface area contributed by atoms with Crippen LogP contribution in [-0.4, -0.2) is 14.2 Å². The quantitative estimate of drug-likeness (QED) is 0.883. The van der Waals surface area contributed by atoms with E-state index in [0.29, 0.717) is 0 Å². The maximum Gasteiger partial charge on any atom is 0.123 e. The van der Waals surface area contributed by atoms with Crippen molar-refractivity contribution in [1.29, 1.82) is 0 Å². The highest BCUT2D eigenvalue weighted by molar-refractivity contribution is 9.10. The van der Waals surface area contributed by atoms with Crippen LogP contribution in [-0.2, 0) is 6.54 Å². The summed E-state index contributed by atoms with van der Waals surface area (Å²) in [6, 6.07) is 14.3. The van der Waals surface area contributed by atoms with Crippen molar-refractivity contribution in [3.05, 3.63) is 58.1 Å². The zero-order valence-electron chi connectivity index (χ0n) is 12.6. The summed E-state index contributed by atoms with van der Waals surface area (Å²) in [5, 5.41) is 0. The number of benzene rings is 2. The van der Waals surface area contributed by atoms with Gasteiger partial charge in [0.15, 0.2) is 0 Å². The summed E-state index contributed by atoms with van der Waals surface area (Å²) in [6.45, 7) is 2.77. The van der Waals surface area contributed by atoms with Crippen molar-refractivity contribution in [3.63, 3.8) is 0 Å². The van der Waals surface area contributed by atoms with Crippen molar-refractivity contribution in [2.24, 2.45) is 5.73 Å². The molecule has 0 aliphatic carbocycles. The summed E-state index contributed by atoms with van der Waals surface area (Å²) in [7, 11) is 3.77. The van der Waals surface area contributed by atoms with E-state index >= 15 is 0 Å². The van der Waals surface area contributed by atoms with Gasteiger partial charge in [-0.2, -0.15) is 0 Å². The van der Waals surface area contributed by atoms with Crippen molar-refractivity contribution in [2.45, 2.75) is 19.5 Å². The predicted molar refractivity (Wildman–Crippen MR) is 91.8 cm³/mol. The Hall–Kier alpha value is -1.52. The minimum Gasteiger partial charge on any atom is -0.496 e. The molecule has 2 N–H and O–H groups in total. The van der Waals surface area contributed by atoms with E-state index in [1.54, 1.807) is 7.11 Å². The molecule has 2 rings (SSSR count). The Morgan fingerprint density at radius 3 is 2.62 bits per heavy atom. The molecule has 1 atom stereocenters. The van der Waals surface area contributed by atoms with Gasteiger partial charge in [0.25, 0.3) is 0 Å². The summed E-state index contributed by atoms with van der Waals surface area (Å²) in [4.78, 5) is 2.20. The molecular weight excluding hydrogens is 328 g/mol. The number of hydrogen-bond donors (Lipinski definition) is 1. The van der Waals surface area contributed by atoms with Crippen LogP contribution in [0.3, 0.4) is 0 Å². The zero-order chi connectivity index (χ0) is 15.4. The minimum absolute atomic E-state index is 0.0161. The predicted octanol–water partition coefficient (Wildman–Crippen LogP) is 4.11. The van der Waals surface area contributed by atoms with Gasteiger partial charge in [-0.05, 0) is 36.8 Å². The highest BCUT2D eigenvalue weighted by Gasteiger charge is 2.13. The second-order valence-corrected chi connectivity index (χ2v) is 6.08. The van der Waals surface area contributed by atoms with Crippen molar-refractivity contribution in [2.75, 3.05) is 19.1 Å². The van der Waals surface area contributed by atoms with Crippen LogP contribution in [0.25, 0.3) is 0 Å². The first-order valence-electron chi connectivity index (χ1n) is 6.91. The molecule has 2 aromatic rings. The molecule has 0 heterocycles. The Kier molecular flexibility index (Phi) is 5.26. The van der Waals surface area contributed by atoms with Gasteiger partial charge in [-0.15, -0.1) is 0 Å². The van der Waals surface area contributed by atoms with Gasteiger partial charge in [-0.25, -0.2) is 0 Å². The van der Waals surface area contributed by atoms with Gasteiger partial charge in [0.1, 0.15) is 5.75 Å². The maximum absolute atomic E-state index is 6.10. The topological polar surface area (TPSA) is 38.5 Å². The fourth-order valence-electron chi connectivity index (χ4n) is 2.41. The van der Waals surface area contributed by atoms with Gasteiger partial charge in [-0.1, -0.05) is 34.1 Å². The largest absolute Gasteiger partial charge is 0.496 e. The molecule has 0 radical (unpaired) electrons. The molecule has 0 aliphatic heterocycles. The smallest absolute Gasteiger partial charge is 0.123 e. The van der Waals surface area contributed by atoms with E-state index < -0.39 is 0 Å². The van der Waals surface area contributed by atoms with Crippen LogP contribution in [0.4, 0.5) is 5.69 Å². The Labute approximate surface area is 134 Å². The third-order valence-electron chi connectivity index (χ3n) is 3.49. The molecule has 0 saturated heterocycles. The number of anilines is 1. The Bertz CT molecular complexity index is 613. The van der Waals surface area contributed by atoms with Crippen LogP contribution in [0, 0.1) is 0 Å². The van der Waals surface area contributed by atoms with Crippen LogP contribution in [0.5, 0.6) is 5.75 Å². The van der Waals surface area contributed by atoms with Gasteiger partial charge in [0.2, 0.25) is 0 Å². The van der Waals surface area contributed by atoms with Gasteiger partial charge >= 0.3 is 0 Å². The van der Waals surface area contributed by atoms with Crippen LogP contribution in [0.2, 0.25) is 0 Å². The molecule has 0 bridgehead atoms. The number of nitrogens with two attached hydrogens (primary N) is 1. The number of rotatable bonds is 5. The second-order valence-electron chi connectivity index (χ2n) is 5.16. The van der Waals surface area contributed by atoms with Gasteiger partial charge < -0.3 is 15.4 Å². The molecule has 0 fully saturated rings. The van der Waals surface area contributed by atoms with Gasteiger partial charge in [-0.3, -0.25) is 0 Å². The second kappa shape index (κ2) is 6.96. The van der Waals surface area contributed by atoms with Gasteiger partial charge in [0.05, 0.1) is 7.11 Å². The fourth-order valence-corrected chi connectivity index (χ4v) is 2.79. The molecule has 3 nitrogen and oxygen atoms in total. The Morgan fingerprint density at radius 2 is 1.95 bits per heavy atom. The molecule has 21 heavy (non-hydrogen) atoms. The van der Waals surface area contributed by atoms with Crippen LogP contribution >= 0.6 is 15.9 Å². The molecule has 4 heteroatoms. The average molecular weight is 349 g/mol. The van der Waals surface area contributed by atoms with Crippen LogP contribution in [0.15, 0.2) is 46.9 Å². The van der Waals surface area contributed by atoms with E-state index in [2.05, 4.69) is 46.1 Å². The normalized spacial score (nSPS) is 12.0. The molecule has 0 aromatic heterocycles. The number of halogens is 1. The van der Waals surface area contributed by atoms with Gasteiger partial charge in [0, 0.05) is 35.4 Å². The van der Waals surface area contributed by atoms with Crippen molar-refractivity contribution < 1.29 is 4.74 Å². The summed E-state index contributed by atoms with van der Waals surface area (Å²) in [5.41, 5.74) is 9.52. The number of ether oxygens (including phenoxy) is 1. The van der Waals surface area contributed by atoms with E-state index in [9.17, 15) is 0 Å². The first kappa shape index (κ1) is 15.9. The molecule has 112 valence electrons. The number of methoxy groups -OCH3 is 1. The lowest BCUT2D eigenvalue weighted by Crippen LogP contribution is -2.20. The first-order chi connectivity index (χ1) is 10.0. The number of hydrogen-bond acceptors (Lipinski definition) is 3. The average Bonchev–Trinajstić information content (AvgIpc) is 2.47. The van der Waals surface area contributed by atoms with E-state index in [4.69, 9.17) is 10.5 Å². The van der Waals surface area contributed by atoms with Crippen molar-refractivity contribution >= 4 is 21.6 Å². The highest BCUT2D eigenvalue weighted by atomic mass is 79.9. The van der Waals surface area contributed by atoms with Crippen LogP contribution in [0.1, 0.15) is 24.1 Å². The van der Waals surface area contributed by atoms with Crippen molar-refractivity contribution in [1.82, 2.24) is 0 Å². The highest BCUT2D eigenvalue weighted by Crippen LogP contribution is 2.30. The van der Waals surface area contributed by atoms with E-state index in [-0.39, 0.29) is 6.04 Å². The molecule has 2 aromatic carbocycles. The van der Waals surface area contributed by atoms with E-state index in [1.807, 2.05) is 31.2 Å². The van der Waals surface area contributed by atoms with E-state index in [1.165, 1.54) is 0 Å². The third-order valence-corrected chi connectivity index (χ3v) is 3.98. The summed E-state index contributed by atoms with van der Waals surface area (Å²) >= 11 is 3.51.